The summed E-state index contributed by atoms with van der Waals surface area (Å²) in [5.74, 6) is 0.751. The molecule has 0 spiro atoms. The van der Waals surface area contributed by atoms with Gasteiger partial charge >= 0.3 is 0 Å². The quantitative estimate of drug-likeness (QED) is 0.400. The Morgan fingerprint density at radius 3 is 2.17 bits per heavy atom. The summed E-state index contributed by atoms with van der Waals surface area (Å²) in [5.41, 5.74) is 8.88. The van der Waals surface area contributed by atoms with Gasteiger partial charge in [-0.25, -0.2) is 4.98 Å². The summed E-state index contributed by atoms with van der Waals surface area (Å²) < 4.78 is 1.87. The first kappa shape index (κ1) is 23.0. The summed E-state index contributed by atoms with van der Waals surface area (Å²) in [6, 6.07) is 28.4. The first-order valence-corrected chi connectivity index (χ1v) is 11.9. The molecule has 5 rings (SSSR count). The molecule has 0 fully saturated rings. The molecule has 0 bridgehead atoms. The number of hydrogen-bond donors (Lipinski definition) is 1. The number of fused-ring (bicyclic) bond motifs is 1. The maximum atomic E-state index is 14.0. The molecule has 2 heterocycles. The summed E-state index contributed by atoms with van der Waals surface area (Å²) >= 11 is 0. The molecule has 6 heteroatoms. The Balaban J connectivity index is 1.49. The van der Waals surface area contributed by atoms with Crippen molar-refractivity contribution in [2.75, 3.05) is 19.1 Å². The molecule has 0 unspecified atom stereocenters. The highest BCUT2D eigenvalue weighted by molar-refractivity contribution is 5.42. The summed E-state index contributed by atoms with van der Waals surface area (Å²) in [4.78, 5) is 26.2. The molecule has 1 aromatic heterocycles. The average Bonchev–Trinajstić information content (AvgIpc) is 2.89. The van der Waals surface area contributed by atoms with Crippen LogP contribution in [0.1, 0.15) is 39.8 Å². The molecule has 1 aliphatic heterocycles. The zero-order valence-electron chi connectivity index (χ0n) is 20.1. The molecule has 0 saturated carbocycles. The topological polar surface area (TPSA) is 59.4 Å². The van der Waals surface area contributed by atoms with E-state index >= 15 is 0 Å². The molecule has 1 aliphatic rings. The third-order valence-electron chi connectivity index (χ3n) is 6.59. The van der Waals surface area contributed by atoms with Crippen LogP contribution in [0.2, 0.25) is 0 Å². The highest BCUT2D eigenvalue weighted by atomic mass is 16.6. The molecule has 4 aromatic rings. The fourth-order valence-corrected chi connectivity index (χ4v) is 4.92. The van der Waals surface area contributed by atoms with Crippen molar-refractivity contribution in [1.82, 2.24) is 14.5 Å². The summed E-state index contributed by atoms with van der Waals surface area (Å²) in [5, 5.41) is 0. The molecule has 6 nitrogen and oxygen atoms in total. The maximum absolute atomic E-state index is 14.0. The van der Waals surface area contributed by atoms with E-state index in [4.69, 9.17) is 9.82 Å². The summed E-state index contributed by atoms with van der Waals surface area (Å²) in [6.45, 7) is 4.20. The second-order valence-electron chi connectivity index (χ2n) is 8.95. The van der Waals surface area contributed by atoms with Crippen molar-refractivity contribution in [2.24, 2.45) is 0 Å². The van der Waals surface area contributed by atoms with Gasteiger partial charge in [-0.3, -0.25) is 24.6 Å². The van der Waals surface area contributed by atoms with Gasteiger partial charge in [-0.05, 0) is 35.7 Å². The molecule has 0 saturated heterocycles. The average molecular weight is 467 g/mol. The first-order valence-electron chi connectivity index (χ1n) is 11.9. The minimum absolute atomic E-state index is 0.0505. The molecule has 0 amide bonds. The Labute approximate surface area is 205 Å². The number of hydrogen-bond acceptors (Lipinski definition) is 5. The van der Waals surface area contributed by atoms with Crippen molar-refractivity contribution >= 4 is 5.69 Å². The highest BCUT2D eigenvalue weighted by Crippen LogP contribution is 2.27. The molecular weight excluding hydrogens is 436 g/mol. The summed E-state index contributed by atoms with van der Waals surface area (Å²) in [7, 11) is 1.60. The van der Waals surface area contributed by atoms with Gasteiger partial charge in [0.05, 0.1) is 30.1 Å². The largest absolute Gasteiger partial charge is 0.294 e. The van der Waals surface area contributed by atoms with Gasteiger partial charge < -0.3 is 0 Å². The van der Waals surface area contributed by atoms with Gasteiger partial charge in [0, 0.05) is 26.1 Å². The van der Waals surface area contributed by atoms with Crippen molar-refractivity contribution in [2.45, 2.75) is 32.5 Å². The zero-order chi connectivity index (χ0) is 24.2. The smallest absolute Gasteiger partial charge is 0.259 e. The second-order valence-corrected chi connectivity index (χ2v) is 8.95. The highest BCUT2D eigenvalue weighted by Gasteiger charge is 2.27. The standard InChI is InChI=1S/C29H30N4O2/c1-21-30-27-17-18-32(19-22-13-15-25(16-14-22)31-35-2)20-26(27)29(34)33(21)28(23-9-5-3-6-10-23)24-11-7-4-8-12-24/h3-16,28,31H,17-20H2,1-2H3. The van der Waals surface area contributed by atoms with E-state index in [1.54, 1.807) is 7.11 Å². The lowest BCUT2D eigenvalue weighted by molar-refractivity contribution is 0.240. The normalized spacial score (nSPS) is 13.6. The molecule has 0 aliphatic carbocycles. The second kappa shape index (κ2) is 10.3. The molecule has 0 atom stereocenters. The van der Waals surface area contributed by atoms with Crippen molar-refractivity contribution in [3.05, 3.63) is 129 Å². The van der Waals surface area contributed by atoms with Gasteiger partial charge in [0.1, 0.15) is 5.82 Å². The van der Waals surface area contributed by atoms with Crippen LogP contribution in [-0.4, -0.2) is 28.1 Å². The minimum atomic E-state index is -0.223. The Morgan fingerprint density at radius 1 is 0.943 bits per heavy atom. The van der Waals surface area contributed by atoms with E-state index in [9.17, 15) is 4.79 Å². The zero-order valence-corrected chi connectivity index (χ0v) is 20.1. The Morgan fingerprint density at radius 2 is 1.57 bits per heavy atom. The molecule has 1 N–H and O–H groups in total. The van der Waals surface area contributed by atoms with Gasteiger partial charge in [-0.2, -0.15) is 0 Å². The minimum Gasteiger partial charge on any atom is -0.294 e. The van der Waals surface area contributed by atoms with E-state index in [2.05, 4.69) is 46.8 Å². The lowest BCUT2D eigenvalue weighted by atomic mass is 9.97. The third-order valence-corrected chi connectivity index (χ3v) is 6.59. The van der Waals surface area contributed by atoms with Crippen LogP contribution in [0.5, 0.6) is 0 Å². The molecule has 178 valence electrons. The SMILES string of the molecule is CONc1ccc(CN2CCc3nc(C)n(C(c4ccccc4)c4ccccc4)c(=O)c3C2)cc1. The molecule has 35 heavy (non-hydrogen) atoms. The van der Waals surface area contributed by atoms with Crippen LogP contribution < -0.4 is 11.0 Å². The fraction of sp³-hybridized carbons (Fsp3) is 0.241. The predicted octanol–water partition coefficient (Wildman–Crippen LogP) is 4.72. The number of aryl methyl sites for hydroxylation is 1. The van der Waals surface area contributed by atoms with Gasteiger partial charge in [0.15, 0.2) is 0 Å². The van der Waals surface area contributed by atoms with Crippen molar-refractivity contribution in [3.8, 4) is 0 Å². The van der Waals surface area contributed by atoms with E-state index in [0.29, 0.717) is 6.54 Å². The lowest BCUT2D eigenvalue weighted by Crippen LogP contribution is -2.40. The van der Waals surface area contributed by atoms with Crippen LogP contribution in [-0.2, 0) is 24.3 Å². The first-order chi connectivity index (χ1) is 17.1. The molecular formula is C29H30N4O2. The van der Waals surface area contributed by atoms with Crippen LogP contribution >= 0.6 is 0 Å². The number of aromatic nitrogens is 2. The van der Waals surface area contributed by atoms with Gasteiger partial charge in [0.2, 0.25) is 0 Å². The van der Waals surface area contributed by atoms with Gasteiger partial charge in [0.25, 0.3) is 5.56 Å². The maximum Gasteiger partial charge on any atom is 0.259 e. The molecule has 3 aromatic carbocycles. The van der Waals surface area contributed by atoms with Gasteiger partial charge in [-0.1, -0.05) is 72.8 Å². The predicted molar refractivity (Wildman–Crippen MR) is 138 cm³/mol. The third kappa shape index (κ3) is 4.90. The van der Waals surface area contributed by atoms with Crippen molar-refractivity contribution < 1.29 is 4.84 Å². The van der Waals surface area contributed by atoms with E-state index in [1.165, 1.54) is 5.56 Å². The van der Waals surface area contributed by atoms with E-state index in [1.807, 2.05) is 60.0 Å². The number of benzene rings is 3. The number of anilines is 1. The van der Waals surface area contributed by atoms with Crippen LogP contribution in [0.15, 0.2) is 89.7 Å². The fourth-order valence-electron chi connectivity index (χ4n) is 4.92. The van der Waals surface area contributed by atoms with Crippen molar-refractivity contribution in [1.29, 1.82) is 0 Å². The van der Waals surface area contributed by atoms with Crippen LogP contribution in [0.25, 0.3) is 0 Å². The van der Waals surface area contributed by atoms with E-state index in [-0.39, 0.29) is 11.6 Å². The van der Waals surface area contributed by atoms with Crippen LogP contribution in [0.3, 0.4) is 0 Å². The molecule has 0 radical (unpaired) electrons. The Hall–Kier alpha value is -3.74. The van der Waals surface area contributed by atoms with E-state index in [0.717, 1.165) is 53.4 Å². The monoisotopic (exact) mass is 466 g/mol. The van der Waals surface area contributed by atoms with Gasteiger partial charge in [-0.15, -0.1) is 0 Å². The number of nitrogens with zero attached hydrogens (tertiary/aromatic N) is 3. The number of nitrogens with one attached hydrogen (secondary N) is 1. The van der Waals surface area contributed by atoms with Crippen LogP contribution in [0, 0.1) is 6.92 Å². The Bertz CT molecular complexity index is 1300. The van der Waals surface area contributed by atoms with E-state index < -0.39 is 0 Å². The lowest BCUT2D eigenvalue weighted by Gasteiger charge is -2.30. The number of rotatable bonds is 7. The Kier molecular flexibility index (Phi) is 6.75. The van der Waals surface area contributed by atoms with Crippen LogP contribution in [0.4, 0.5) is 5.69 Å². The van der Waals surface area contributed by atoms with Crippen molar-refractivity contribution in [3.63, 3.8) is 0 Å². The summed E-state index contributed by atoms with van der Waals surface area (Å²) in [6.07, 6.45) is 0.775.